The van der Waals surface area contributed by atoms with Gasteiger partial charge in [-0.15, -0.1) is 0 Å². The smallest absolute Gasteiger partial charge is 0.170 e. The second-order valence-corrected chi connectivity index (χ2v) is 6.15. The number of benzene rings is 1. The summed E-state index contributed by atoms with van der Waals surface area (Å²) < 4.78 is 0.961. The maximum absolute atomic E-state index is 8.72. The highest BCUT2D eigenvalue weighted by molar-refractivity contribution is 9.10. The highest BCUT2D eigenvalue weighted by atomic mass is 79.9. The van der Waals surface area contributed by atoms with Gasteiger partial charge < -0.3 is 20.7 Å². The van der Waals surface area contributed by atoms with Gasteiger partial charge in [0, 0.05) is 23.1 Å². The zero-order valence-electron chi connectivity index (χ0n) is 11.9. The van der Waals surface area contributed by atoms with Crippen LogP contribution in [0.2, 0.25) is 0 Å². The number of hydrogen-bond acceptors (Lipinski definition) is 4. The topological polar surface area (TPSA) is 65.1 Å². The predicted octanol–water partition coefficient (Wildman–Crippen LogP) is 2.07. The Morgan fingerprint density at radius 1 is 1.45 bits per heavy atom. The first-order valence-electron chi connectivity index (χ1n) is 6.71. The fourth-order valence-electron chi connectivity index (χ4n) is 2.59. The van der Waals surface area contributed by atoms with Crippen LogP contribution < -0.4 is 10.6 Å². The summed E-state index contributed by atoms with van der Waals surface area (Å²) >= 11 is 3.58. The predicted molar refractivity (Wildman–Crippen MR) is 85.6 cm³/mol. The molecule has 20 heavy (non-hydrogen) atoms. The first-order chi connectivity index (χ1) is 9.52. The molecule has 1 aliphatic rings. The molecular weight excluding hydrogens is 320 g/mol. The van der Waals surface area contributed by atoms with Crippen molar-refractivity contribution in [1.82, 2.24) is 4.90 Å². The Bertz CT molecular complexity index is 498. The van der Waals surface area contributed by atoms with E-state index in [0.717, 1.165) is 23.2 Å². The first-order valence-corrected chi connectivity index (χ1v) is 7.51. The second-order valence-electron chi connectivity index (χ2n) is 5.30. The average molecular weight is 341 g/mol. The highest BCUT2D eigenvalue weighted by Crippen LogP contribution is 2.30. The molecule has 0 aromatic heterocycles. The van der Waals surface area contributed by atoms with Crippen molar-refractivity contribution in [2.45, 2.75) is 18.9 Å². The Balaban J connectivity index is 2.16. The van der Waals surface area contributed by atoms with Gasteiger partial charge in [-0.2, -0.15) is 0 Å². The molecule has 0 spiro atoms. The molecule has 1 aromatic carbocycles. The summed E-state index contributed by atoms with van der Waals surface area (Å²) in [7, 11) is 4.29. The van der Waals surface area contributed by atoms with Gasteiger partial charge in [0.05, 0.1) is 5.69 Å². The largest absolute Gasteiger partial charge is 0.409 e. The lowest BCUT2D eigenvalue weighted by molar-refractivity contribution is 0.253. The van der Waals surface area contributed by atoms with Gasteiger partial charge in [0.1, 0.15) is 0 Å². The fraction of sp³-hybridized carbons (Fsp3) is 0.500. The number of rotatable bonds is 3. The van der Waals surface area contributed by atoms with Gasteiger partial charge in [0.2, 0.25) is 0 Å². The molecule has 1 aliphatic heterocycles. The Morgan fingerprint density at radius 3 is 2.65 bits per heavy atom. The van der Waals surface area contributed by atoms with Gasteiger partial charge in [-0.1, -0.05) is 5.16 Å². The van der Waals surface area contributed by atoms with E-state index in [0.29, 0.717) is 11.6 Å². The fourth-order valence-corrected chi connectivity index (χ4v) is 3.25. The monoisotopic (exact) mass is 340 g/mol. The van der Waals surface area contributed by atoms with Crippen LogP contribution in [0.4, 0.5) is 5.69 Å². The van der Waals surface area contributed by atoms with Crippen LogP contribution in [-0.2, 0) is 0 Å². The SMILES string of the molecule is CN1CCC(N(C)c2ccc(/C(N)=N/O)cc2Br)CC1. The molecule has 0 atom stereocenters. The molecule has 3 N–H and O–H groups in total. The number of nitrogens with two attached hydrogens (primary N) is 1. The lowest BCUT2D eigenvalue weighted by atomic mass is 10.0. The summed E-state index contributed by atoms with van der Waals surface area (Å²) in [4.78, 5) is 4.67. The second kappa shape index (κ2) is 6.45. The molecule has 6 heteroatoms. The van der Waals surface area contributed by atoms with Crippen LogP contribution in [0.15, 0.2) is 27.8 Å². The maximum atomic E-state index is 8.72. The minimum Gasteiger partial charge on any atom is -0.409 e. The summed E-state index contributed by atoms with van der Waals surface area (Å²) in [5, 5.41) is 11.7. The van der Waals surface area contributed by atoms with E-state index < -0.39 is 0 Å². The molecule has 0 saturated carbocycles. The van der Waals surface area contributed by atoms with Crippen LogP contribution in [-0.4, -0.2) is 49.2 Å². The number of oxime groups is 1. The molecule has 110 valence electrons. The van der Waals surface area contributed by atoms with Gasteiger partial charge in [-0.05, 0) is 67.1 Å². The van der Waals surface area contributed by atoms with Crippen molar-refractivity contribution in [1.29, 1.82) is 0 Å². The quantitative estimate of drug-likeness (QED) is 0.382. The Morgan fingerprint density at radius 2 is 2.10 bits per heavy atom. The van der Waals surface area contributed by atoms with Crippen LogP contribution in [0, 0.1) is 0 Å². The van der Waals surface area contributed by atoms with Gasteiger partial charge in [-0.25, -0.2) is 0 Å². The van der Waals surface area contributed by atoms with Crippen molar-refractivity contribution in [3.8, 4) is 0 Å². The lowest BCUT2D eigenvalue weighted by Gasteiger charge is -2.36. The zero-order valence-corrected chi connectivity index (χ0v) is 13.5. The minimum atomic E-state index is 0.124. The molecule has 5 nitrogen and oxygen atoms in total. The number of halogens is 1. The van der Waals surface area contributed by atoms with Crippen LogP contribution >= 0.6 is 15.9 Å². The van der Waals surface area contributed by atoms with E-state index in [9.17, 15) is 0 Å². The Kier molecular flexibility index (Phi) is 4.88. The van der Waals surface area contributed by atoms with E-state index in [4.69, 9.17) is 10.9 Å². The molecule has 2 rings (SSSR count). The van der Waals surface area contributed by atoms with E-state index in [-0.39, 0.29) is 5.84 Å². The lowest BCUT2D eigenvalue weighted by Crippen LogP contribution is -2.42. The van der Waals surface area contributed by atoms with E-state index >= 15 is 0 Å². The van der Waals surface area contributed by atoms with Crippen molar-refractivity contribution in [3.63, 3.8) is 0 Å². The molecule has 1 saturated heterocycles. The molecule has 0 aliphatic carbocycles. The number of amidine groups is 1. The summed E-state index contributed by atoms with van der Waals surface area (Å²) in [6, 6.07) is 6.32. The van der Waals surface area contributed by atoms with Crippen molar-refractivity contribution in [2.75, 3.05) is 32.1 Å². The molecule has 0 unspecified atom stereocenters. The number of piperidine rings is 1. The molecule has 0 radical (unpaired) electrons. The van der Waals surface area contributed by atoms with Gasteiger partial charge >= 0.3 is 0 Å². The van der Waals surface area contributed by atoms with Crippen LogP contribution in [0.25, 0.3) is 0 Å². The van der Waals surface area contributed by atoms with Crippen molar-refractivity contribution in [2.24, 2.45) is 10.9 Å². The van der Waals surface area contributed by atoms with E-state index in [1.807, 2.05) is 18.2 Å². The van der Waals surface area contributed by atoms with Crippen molar-refractivity contribution >= 4 is 27.5 Å². The zero-order chi connectivity index (χ0) is 14.7. The third kappa shape index (κ3) is 3.24. The minimum absolute atomic E-state index is 0.124. The molecular formula is C14H21BrN4O. The van der Waals surface area contributed by atoms with E-state index in [1.165, 1.54) is 12.8 Å². The average Bonchev–Trinajstić information content (AvgIpc) is 2.46. The Hall–Kier alpha value is -1.27. The summed E-state index contributed by atoms with van der Waals surface area (Å²) in [5.41, 5.74) is 7.45. The summed E-state index contributed by atoms with van der Waals surface area (Å²) in [6.07, 6.45) is 2.34. The molecule has 0 amide bonds. The standard InChI is InChI=1S/C14H21BrN4O/c1-18-7-5-11(6-8-18)19(2)13-4-3-10(9-12(13)15)14(16)17-20/h3-4,9,11,20H,5-8H2,1-2H3,(H2,16,17). The summed E-state index contributed by atoms with van der Waals surface area (Å²) in [6.45, 7) is 2.27. The third-order valence-electron chi connectivity index (χ3n) is 3.97. The number of hydrogen-bond donors (Lipinski definition) is 2. The normalized spacial score (nSPS) is 18.2. The van der Waals surface area contributed by atoms with Gasteiger partial charge in [0.15, 0.2) is 5.84 Å². The van der Waals surface area contributed by atoms with E-state index in [1.54, 1.807) is 0 Å². The molecule has 1 heterocycles. The van der Waals surface area contributed by atoms with Gasteiger partial charge in [0.25, 0.3) is 0 Å². The van der Waals surface area contributed by atoms with Crippen molar-refractivity contribution < 1.29 is 5.21 Å². The van der Waals surface area contributed by atoms with Crippen molar-refractivity contribution in [3.05, 3.63) is 28.2 Å². The maximum Gasteiger partial charge on any atom is 0.170 e. The highest BCUT2D eigenvalue weighted by Gasteiger charge is 2.22. The third-order valence-corrected chi connectivity index (χ3v) is 4.60. The van der Waals surface area contributed by atoms with Crippen LogP contribution in [0.5, 0.6) is 0 Å². The number of likely N-dealkylation sites (tertiary alicyclic amines) is 1. The van der Waals surface area contributed by atoms with Crippen LogP contribution in [0.1, 0.15) is 18.4 Å². The molecule has 1 aromatic rings. The van der Waals surface area contributed by atoms with Gasteiger partial charge in [-0.3, -0.25) is 0 Å². The molecule has 1 fully saturated rings. The molecule has 0 bridgehead atoms. The summed E-state index contributed by atoms with van der Waals surface area (Å²) in [5.74, 6) is 0.124. The Labute approximate surface area is 128 Å². The van der Waals surface area contributed by atoms with Crippen LogP contribution in [0.3, 0.4) is 0 Å². The number of anilines is 1. The first kappa shape index (κ1) is 15.1. The number of nitrogens with zero attached hydrogens (tertiary/aromatic N) is 3. The van der Waals surface area contributed by atoms with E-state index in [2.05, 4.69) is 45.0 Å².